The molecule has 24 heavy (non-hydrogen) atoms. The molecule has 0 saturated carbocycles. The largest absolute Gasteiger partial charge is 0.392 e. The number of hydrogen-bond acceptors (Lipinski definition) is 4. The molecule has 0 bridgehead atoms. The molecule has 0 aromatic heterocycles. The number of β-amino-alcohol motifs (C(OH)–C–C–N with tert-alkyl or cyclic N) is 1. The number of hydrogen-bond donors (Lipinski definition) is 1. The van der Waals surface area contributed by atoms with Gasteiger partial charge >= 0.3 is 0 Å². The quantitative estimate of drug-likeness (QED) is 0.881. The number of aliphatic hydroxyl groups excluding tert-OH is 1. The highest BCUT2D eigenvalue weighted by Crippen LogP contribution is 2.38. The number of nitrogens with zero attached hydrogens (tertiary/aromatic N) is 3. The van der Waals surface area contributed by atoms with E-state index in [4.69, 9.17) is 0 Å². The number of piperazine rings is 1. The molecule has 1 aromatic rings. The average Bonchev–Trinajstić information content (AvgIpc) is 2.91. The minimum Gasteiger partial charge on any atom is -0.392 e. The molecule has 130 valence electrons. The maximum Gasteiger partial charge on any atom is 0.219 e. The van der Waals surface area contributed by atoms with Gasteiger partial charge in [0.2, 0.25) is 5.91 Å². The van der Waals surface area contributed by atoms with Gasteiger partial charge in [-0.05, 0) is 18.4 Å². The zero-order valence-corrected chi connectivity index (χ0v) is 14.4. The van der Waals surface area contributed by atoms with Crippen LogP contribution in [0.4, 0.5) is 0 Å². The zero-order valence-electron chi connectivity index (χ0n) is 14.4. The summed E-state index contributed by atoms with van der Waals surface area (Å²) in [5.41, 5.74) is 1.43. The first kappa shape index (κ1) is 16.1. The van der Waals surface area contributed by atoms with E-state index in [9.17, 15) is 9.90 Å². The molecule has 3 heterocycles. The van der Waals surface area contributed by atoms with Gasteiger partial charge in [-0.2, -0.15) is 0 Å². The summed E-state index contributed by atoms with van der Waals surface area (Å²) in [6.45, 7) is 7.13. The van der Waals surface area contributed by atoms with E-state index in [1.165, 1.54) is 5.56 Å². The molecular formula is C19H27N3O2. The van der Waals surface area contributed by atoms with Crippen LogP contribution in [0, 0.1) is 0 Å². The monoisotopic (exact) mass is 329 g/mol. The molecule has 5 heteroatoms. The van der Waals surface area contributed by atoms with Crippen LogP contribution in [0.25, 0.3) is 0 Å². The van der Waals surface area contributed by atoms with Crippen LogP contribution in [-0.4, -0.2) is 82.7 Å². The summed E-state index contributed by atoms with van der Waals surface area (Å²) < 4.78 is 0. The van der Waals surface area contributed by atoms with E-state index in [-0.39, 0.29) is 17.6 Å². The van der Waals surface area contributed by atoms with Crippen molar-refractivity contribution in [3.63, 3.8) is 0 Å². The molecule has 0 aliphatic carbocycles. The van der Waals surface area contributed by atoms with Crippen molar-refractivity contribution in [1.82, 2.24) is 14.7 Å². The molecule has 3 saturated heterocycles. The second-order valence-electron chi connectivity index (χ2n) is 7.77. The van der Waals surface area contributed by atoms with E-state index >= 15 is 0 Å². The molecular weight excluding hydrogens is 302 g/mol. The van der Waals surface area contributed by atoms with Crippen molar-refractivity contribution in [2.75, 3.05) is 39.3 Å². The minimum absolute atomic E-state index is 0.0583. The van der Waals surface area contributed by atoms with Crippen LogP contribution in [0.1, 0.15) is 18.9 Å². The third-order valence-corrected chi connectivity index (χ3v) is 5.96. The van der Waals surface area contributed by atoms with Crippen LogP contribution >= 0.6 is 0 Å². The second kappa shape index (κ2) is 6.14. The second-order valence-corrected chi connectivity index (χ2v) is 7.77. The van der Waals surface area contributed by atoms with Crippen LogP contribution in [0.2, 0.25) is 0 Å². The van der Waals surface area contributed by atoms with Gasteiger partial charge < -0.3 is 10.0 Å². The van der Waals surface area contributed by atoms with Crippen molar-refractivity contribution in [3.05, 3.63) is 35.9 Å². The van der Waals surface area contributed by atoms with Gasteiger partial charge in [-0.3, -0.25) is 14.6 Å². The molecule has 1 spiro atoms. The standard InChI is InChI=1S/C19H27N3O2/c1-15(23)21-13-19(14-21)12-20(8-7-16-5-3-2-4-6-16)10-17-9-18(24)11-22(17)19/h2-6,17-18,24H,7-14H2,1H3/t17-,18-/m1/s1. The van der Waals surface area contributed by atoms with Gasteiger partial charge in [0, 0.05) is 52.2 Å². The molecule has 0 unspecified atom stereocenters. The number of rotatable bonds is 3. The highest BCUT2D eigenvalue weighted by Gasteiger charge is 2.56. The van der Waals surface area contributed by atoms with Crippen molar-refractivity contribution < 1.29 is 9.90 Å². The number of carbonyl (C=O) groups excluding carboxylic acids is 1. The lowest BCUT2D eigenvalue weighted by Crippen LogP contribution is -2.78. The fourth-order valence-corrected chi connectivity index (χ4v) is 4.79. The zero-order chi connectivity index (χ0) is 16.7. The first-order valence-corrected chi connectivity index (χ1v) is 9.02. The van der Waals surface area contributed by atoms with Gasteiger partial charge in [0.25, 0.3) is 0 Å². The predicted molar refractivity (Wildman–Crippen MR) is 92.7 cm³/mol. The van der Waals surface area contributed by atoms with Crippen LogP contribution < -0.4 is 0 Å². The van der Waals surface area contributed by atoms with Crippen LogP contribution in [0.5, 0.6) is 0 Å². The summed E-state index contributed by atoms with van der Waals surface area (Å²) in [6.07, 6.45) is 1.71. The Morgan fingerprint density at radius 1 is 1.21 bits per heavy atom. The topological polar surface area (TPSA) is 47.0 Å². The molecule has 0 radical (unpaired) electrons. The third kappa shape index (κ3) is 2.85. The molecule has 3 fully saturated rings. The van der Waals surface area contributed by atoms with E-state index in [0.29, 0.717) is 6.04 Å². The van der Waals surface area contributed by atoms with E-state index in [2.05, 4.69) is 40.1 Å². The maximum atomic E-state index is 11.6. The first-order chi connectivity index (χ1) is 11.6. The minimum atomic E-state index is -0.215. The molecule has 1 amide bonds. The summed E-state index contributed by atoms with van der Waals surface area (Å²) >= 11 is 0. The molecule has 3 aliphatic rings. The lowest BCUT2D eigenvalue weighted by Gasteiger charge is -2.61. The normalized spacial score (nSPS) is 29.5. The molecule has 3 aliphatic heterocycles. The molecule has 1 aromatic carbocycles. The summed E-state index contributed by atoms with van der Waals surface area (Å²) in [5.74, 6) is 0.165. The van der Waals surface area contributed by atoms with Crippen molar-refractivity contribution in [2.45, 2.75) is 37.5 Å². The number of amides is 1. The van der Waals surface area contributed by atoms with E-state index in [0.717, 1.165) is 52.1 Å². The Labute approximate surface area is 143 Å². The van der Waals surface area contributed by atoms with Crippen LogP contribution in [0.3, 0.4) is 0 Å². The Kier molecular flexibility index (Phi) is 4.11. The highest BCUT2D eigenvalue weighted by atomic mass is 16.3. The van der Waals surface area contributed by atoms with Crippen molar-refractivity contribution in [2.24, 2.45) is 0 Å². The Hall–Kier alpha value is -1.43. The van der Waals surface area contributed by atoms with Crippen LogP contribution in [-0.2, 0) is 11.2 Å². The third-order valence-electron chi connectivity index (χ3n) is 5.96. The van der Waals surface area contributed by atoms with Crippen molar-refractivity contribution in [1.29, 1.82) is 0 Å². The molecule has 4 rings (SSSR count). The van der Waals surface area contributed by atoms with Gasteiger partial charge in [-0.15, -0.1) is 0 Å². The summed E-state index contributed by atoms with van der Waals surface area (Å²) in [5, 5.41) is 10.1. The highest BCUT2D eigenvalue weighted by molar-refractivity contribution is 5.74. The first-order valence-electron chi connectivity index (χ1n) is 9.02. The Morgan fingerprint density at radius 2 is 1.96 bits per heavy atom. The maximum absolute atomic E-state index is 11.6. The van der Waals surface area contributed by atoms with Crippen LogP contribution in [0.15, 0.2) is 30.3 Å². The van der Waals surface area contributed by atoms with Gasteiger partial charge in [0.1, 0.15) is 0 Å². The van der Waals surface area contributed by atoms with Gasteiger partial charge in [0.15, 0.2) is 0 Å². The lowest BCUT2D eigenvalue weighted by atomic mass is 9.83. The fourth-order valence-electron chi connectivity index (χ4n) is 4.79. The number of likely N-dealkylation sites (tertiary alicyclic amines) is 1. The summed E-state index contributed by atoms with van der Waals surface area (Å²) in [4.78, 5) is 18.6. The lowest BCUT2D eigenvalue weighted by molar-refractivity contribution is -0.154. The SMILES string of the molecule is CC(=O)N1CC2(CN(CCc3ccccc3)C[C@H]3C[C@@H](O)CN32)C1. The smallest absolute Gasteiger partial charge is 0.219 e. The predicted octanol–water partition coefficient (Wildman–Crippen LogP) is 0.581. The average molecular weight is 329 g/mol. The number of aliphatic hydroxyl groups is 1. The van der Waals surface area contributed by atoms with Gasteiger partial charge in [-0.25, -0.2) is 0 Å². The van der Waals surface area contributed by atoms with Crippen molar-refractivity contribution in [3.8, 4) is 0 Å². The Morgan fingerprint density at radius 3 is 2.67 bits per heavy atom. The van der Waals surface area contributed by atoms with Gasteiger partial charge in [-0.1, -0.05) is 30.3 Å². The number of benzene rings is 1. The Balaban J connectivity index is 1.44. The molecule has 1 N–H and O–H groups in total. The van der Waals surface area contributed by atoms with E-state index in [1.54, 1.807) is 6.92 Å². The van der Waals surface area contributed by atoms with E-state index in [1.807, 2.05) is 4.90 Å². The van der Waals surface area contributed by atoms with Gasteiger partial charge in [0.05, 0.1) is 11.6 Å². The fraction of sp³-hybridized carbons (Fsp3) is 0.632. The number of carbonyl (C=O) groups is 1. The Bertz CT molecular complexity index is 600. The molecule has 5 nitrogen and oxygen atoms in total. The molecule has 2 atom stereocenters. The van der Waals surface area contributed by atoms with E-state index < -0.39 is 0 Å². The summed E-state index contributed by atoms with van der Waals surface area (Å²) in [7, 11) is 0. The number of fused-ring (bicyclic) bond motifs is 2. The van der Waals surface area contributed by atoms with Crippen molar-refractivity contribution >= 4 is 5.91 Å². The summed E-state index contributed by atoms with van der Waals surface area (Å²) in [6, 6.07) is 11.1.